The van der Waals surface area contributed by atoms with E-state index in [0.717, 1.165) is 6.07 Å². The van der Waals surface area contributed by atoms with Gasteiger partial charge in [-0.2, -0.15) is 0 Å². The Morgan fingerprint density at radius 2 is 2.00 bits per heavy atom. The van der Waals surface area contributed by atoms with E-state index in [0.29, 0.717) is 31.5 Å². The van der Waals surface area contributed by atoms with Crippen molar-refractivity contribution in [3.63, 3.8) is 0 Å². The molecule has 0 saturated heterocycles. The van der Waals surface area contributed by atoms with E-state index in [1.165, 1.54) is 19.1 Å². The van der Waals surface area contributed by atoms with Crippen LogP contribution in [0.25, 0.3) is 0 Å². The number of unbranched alkanes of at least 4 members (excludes halogenated alkanes) is 2. The van der Waals surface area contributed by atoms with Gasteiger partial charge in [0.05, 0.1) is 5.02 Å². The van der Waals surface area contributed by atoms with E-state index < -0.39 is 29.8 Å². The number of halogens is 2. The molecule has 3 amide bonds. The van der Waals surface area contributed by atoms with E-state index in [-0.39, 0.29) is 11.4 Å². The summed E-state index contributed by atoms with van der Waals surface area (Å²) in [6.45, 7) is 1.89. The summed E-state index contributed by atoms with van der Waals surface area (Å²) >= 11 is 5.63. The predicted molar refractivity (Wildman–Crippen MR) is 91.6 cm³/mol. The third-order valence-electron chi connectivity index (χ3n) is 3.22. The minimum Gasteiger partial charge on any atom is -0.453 e. The summed E-state index contributed by atoms with van der Waals surface area (Å²) in [4.78, 5) is 34.1. The first-order valence-electron chi connectivity index (χ1n) is 7.78. The highest BCUT2D eigenvalue weighted by Crippen LogP contribution is 2.19. The summed E-state index contributed by atoms with van der Waals surface area (Å²) in [5, 5.41) is 4.82. The molecule has 0 radical (unpaired) electrons. The summed E-state index contributed by atoms with van der Waals surface area (Å²) < 4.78 is 18.1. The molecule has 9 heteroatoms. The molecule has 1 rings (SSSR count). The van der Waals surface area contributed by atoms with Crippen LogP contribution in [0.3, 0.4) is 0 Å². The standard InChI is InChI=1S/C16H21ClFN3O4/c1-10(15(23)21-11-6-7-13(18)12(17)9-11)25-14(22)5-3-2-4-8-20-16(19)24/h6-7,9-10H,2-5,8H2,1H3,(H,21,23)(H3,19,20,24)/t10-/m1/s1. The van der Waals surface area contributed by atoms with Crippen LogP contribution in [0, 0.1) is 5.82 Å². The summed E-state index contributed by atoms with van der Waals surface area (Å²) in [6.07, 6.45) is 1.15. The second-order valence-electron chi connectivity index (χ2n) is 5.35. The number of amides is 3. The number of anilines is 1. The van der Waals surface area contributed by atoms with E-state index in [1.54, 1.807) is 0 Å². The van der Waals surface area contributed by atoms with Gasteiger partial charge in [0, 0.05) is 18.7 Å². The van der Waals surface area contributed by atoms with Crippen LogP contribution in [0.1, 0.15) is 32.6 Å². The fraction of sp³-hybridized carbons (Fsp3) is 0.438. The van der Waals surface area contributed by atoms with Crippen LogP contribution in [0.2, 0.25) is 5.02 Å². The second kappa shape index (κ2) is 10.5. The molecule has 7 nitrogen and oxygen atoms in total. The van der Waals surface area contributed by atoms with E-state index >= 15 is 0 Å². The van der Waals surface area contributed by atoms with Crippen LogP contribution in [-0.4, -0.2) is 30.6 Å². The highest BCUT2D eigenvalue weighted by Gasteiger charge is 2.18. The van der Waals surface area contributed by atoms with Gasteiger partial charge in [0.1, 0.15) is 5.82 Å². The van der Waals surface area contributed by atoms with Crippen molar-refractivity contribution in [3.8, 4) is 0 Å². The number of primary amides is 1. The highest BCUT2D eigenvalue weighted by molar-refractivity contribution is 6.31. The van der Waals surface area contributed by atoms with Crippen molar-refractivity contribution in [2.24, 2.45) is 5.73 Å². The fourth-order valence-corrected chi connectivity index (χ4v) is 2.09. The maximum atomic E-state index is 13.1. The molecule has 0 bridgehead atoms. The second-order valence-corrected chi connectivity index (χ2v) is 5.76. The zero-order chi connectivity index (χ0) is 18.8. The minimum absolute atomic E-state index is 0.117. The SMILES string of the molecule is C[C@@H](OC(=O)CCCCCNC(N)=O)C(=O)Nc1ccc(F)c(Cl)c1. The fourth-order valence-electron chi connectivity index (χ4n) is 1.91. The summed E-state index contributed by atoms with van der Waals surface area (Å²) in [6, 6.07) is 3.17. The Kier molecular flexibility index (Phi) is 8.69. The molecular formula is C16H21ClFN3O4. The molecule has 0 aliphatic rings. The van der Waals surface area contributed by atoms with Crippen molar-refractivity contribution in [2.75, 3.05) is 11.9 Å². The van der Waals surface area contributed by atoms with Gasteiger partial charge in [-0.05, 0) is 38.0 Å². The normalized spacial score (nSPS) is 11.5. The molecule has 0 aliphatic carbocycles. The Hall–Kier alpha value is -2.35. The van der Waals surface area contributed by atoms with E-state index in [1.807, 2.05) is 0 Å². The molecule has 138 valence electrons. The van der Waals surface area contributed by atoms with Crippen molar-refractivity contribution < 1.29 is 23.5 Å². The van der Waals surface area contributed by atoms with E-state index in [4.69, 9.17) is 22.1 Å². The molecule has 4 N–H and O–H groups in total. The number of nitrogens with two attached hydrogens (primary N) is 1. The first kappa shape index (κ1) is 20.7. The zero-order valence-corrected chi connectivity index (χ0v) is 14.6. The average Bonchev–Trinajstić information content (AvgIpc) is 2.53. The number of nitrogens with one attached hydrogen (secondary N) is 2. The molecule has 0 heterocycles. The smallest absolute Gasteiger partial charge is 0.312 e. The summed E-state index contributed by atoms with van der Waals surface area (Å²) in [5.74, 6) is -1.63. The topological polar surface area (TPSA) is 111 Å². The number of rotatable bonds is 9. The van der Waals surface area contributed by atoms with Crippen LogP contribution in [0.5, 0.6) is 0 Å². The van der Waals surface area contributed by atoms with Gasteiger partial charge in [0.15, 0.2) is 6.10 Å². The molecule has 0 spiro atoms. The maximum absolute atomic E-state index is 13.1. The van der Waals surface area contributed by atoms with Gasteiger partial charge in [-0.1, -0.05) is 18.0 Å². The molecule has 0 aromatic heterocycles. The van der Waals surface area contributed by atoms with Gasteiger partial charge in [-0.15, -0.1) is 0 Å². The molecule has 25 heavy (non-hydrogen) atoms. The number of benzene rings is 1. The third kappa shape index (κ3) is 8.35. The molecule has 0 saturated carbocycles. The number of urea groups is 1. The maximum Gasteiger partial charge on any atom is 0.312 e. The lowest BCUT2D eigenvalue weighted by Crippen LogP contribution is -2.30. The Balaban J connectivity index is 2.28. The lowest BCUT2D eigenvalue weighted by atomic mass is 10.2. The Morgan fingerprint density at radius 3 is 2.64 bits per heavy atom. The van der Waals surface area contributed by atoms with Crippen LogP contribution in [0.15, 0.2) is 18.2 Å². The number of esters is 1. The van der Waals surface area contributed by atoms with Crippen molar-refractivity contribution in [3.05, 3.63) is 29.0 Å². The van der Waals surface area contributed by atoms with Crippen molar-refractivity contribution >= 4 is 35.2 Å². The first-order chi connectivity index (χ1) is 11.8. The Morgan fingerprint density at radius 1 is 1.28 bits per heavy atom. The van der Waals surface area contributed by atoms with E-state index in [9.17, 15) is 18.8 Å². The third-order valence-corrected chi connectivity index (χ3v) is 3.51. The molecule has 0 aliphatic heterocycles. The number of hydrogen-bond donors (Lipinski definition) is 3. The largest absolute Gasteiger partial charge is 0.453 e. The summed E-state index contributed by atoms with van der Waals surface area (Å²) in [5.41, 5.74) is 5.23. The van der Waals surface area contributed by atoms with Gasteiger partial charge >= 0.3 is 12.0 Å². The highest BCUT2D eigenvalue weighted by atomic mass is 35.5. The summed E-state index contributed by atoms with van der Waals surface area (Å²) in [7, 11) is 0. The molecule has 1 aromatic carbocycles. The monoisotopic (exact) mass is 373 g/mol. The van der Waals surface area contributed by atoms with Crippen molar-refractivity contribution in [1.29, 1.82) is 0 Å². The molecule has 1 aromatic rings. The van der Waals surface area contributed by atoms with Crippen molar-refractivity contribution in [1.82, 2.24) is 5.32 Å². The number of carbonyl (C=O) groups excluding carboxylic acids is 3. The van der Waals surface area contributed by atoms with Crippen LogP contribution < -0.4 is 16.4 Å². The predicted octanol–water partition coefficient (Wildman–Crippen LogP) is 2.58. The molecule has 0 fully saturated rings. The quantitative estimate of drug-likeness (QED) is 0.456. The Bertz CT molecular complexity index is 627. The van der Waals surface area contributed by atoms with Crippen molar-refractivity contribution in [2.45, 2.75) is 38.7 Å². The lowest BCUT2D eigenvalue weighted by Gasteiger charge is -2.13. The van der Waals surface area contributed by atoms with Gasteiger partial charge in [0.25, 0.3) is 5.91 Å². The van der Waals surface area contributed by atoms with Crippen LogP contribution in [-0.2, 0) is 14.3 Å². The molecule has 1 atom stereocenters. The molecular weight excluding hydrogens is 353 g/mol. The zero-order valence-electron chi connectivity index (χ0n) is 13.8. The molecule has 0 unspecified atom stereocenters. The van der Waals surface area contributed by atoms with Gasteiger partial charge in [-0.25, -0.2) is 9.18 Å². The Labute approximate surface area is 150 Å². The van der Waals surface area contributed by atoms with Gasteiger partial charge in [0.2, 0.25) is 0 Å². The number of ether oxygens (including phenoxy) is 1. The van der Waals surface area contributed by atoms with E-state index in [2.05, 4.69) is 10.6 Å². The van der Waals surface area contributed by atoms with Crippen LogP contribution >= 0.6 is 11.6 Å². The first-order valence-corrected chi connectivity index (χ1v) is 8.16. The minimum atomic E-state index is -0.993. The lowest BCUT2D eigenvalue weighted by molar-refractivity contribution is -0.153. The van der Waals surface area contributed by atoms with Gasteiger partial charge < -0.3 is 21.1 Å². The average molecular weight is 374 g/mol. The van der Waals surface area contributed by atoms with Gasteiger partial charge in [-0.3, -0.25) is 9.59 Å². The number of hydrogen-bond acceptors (Lipinski definition) is 4. The number of carbonyl (C=O) groups is 3. The van der Waals surface area contributed by atoms with Crippen LogP contribution in [0.4, 0.5) is 14.9 Å².